The summed E-state index contributed by atoms with van der Waals surface area (Å²) in [5.41, 5.74) is 0. The van der Waals surface area contributed by atoms with Crippen LogP contribution in [0, 0.1) is 0 Å². The van der Waals surface area contributed by atoms with Crippen molar-refractivity contribution < 1.29 is 29.3 Å². The van der Waals surface area contributed by atoms with Crippen LogP contribution in [-0.4, -0.2) is 47.6 Å². The molecule has 0 aliphatic heterocycles. The van der Waals surface area contributed by atoms with Crippen LogP contribution in [0.15, 0.2) is 48.6 Å². The molecule has 1 unspecified atom stereocenters. The predicted molar refractivity (Wildman–Crippen MR) is 216 cm³/mol. The van der Waals surface area contributed by atoms with Gasteiger partial charge in [-0.3, -0.25) is 9.59 Å². The fraction of sp³-hybridized carbons (Fsp3) is 0.778. The van der Waals surface area contributed by atoms with E-state index in [1.54, 1.807) is 0 Å². The number of aliphatic hydroxyl groups excluding tert-OH is 2. The lowest BCUT2D eigenvalue weighted by atomic mass is 10.0. The van der Waals surface area contributed by atoms with Crippen molar-refractivity contribution >= 4 is 11.9 Å². The number of esters is 2. The fourth-order valence-electron chi connectivity index (χ4n) is 5.92. The molecule has 2 atom stereocenters. The van der Waals surface area contributed by atoms with Gasteiger partial charge in [-0.05, 0) is 51.4 Å². The smallest absolute Gasteiger partial charge is 0.305 e. The van der Waals surface area contributed by atoms with Crippen molar-refractivity contribution in [2.24, 2.45) is 0 Å². The maximum absolute atomic E-state index is 12.0. The van der Waals surface area contributed by atoms with E-state index >= 15 is 0 Å². The molecule has 0 rings (SSSR count). The minimum Gasteiger partial charge on any atom is -0.463 e. The molecular formula is C45H80O6. The van der Waals surface area contributed by atoms with Crippen LogP contribution in [0.3, 0.4) is 0 Å². The molecule has 0 spiro atoms. The van der Waals surface area contributed by atoms with Gasteiger partial charge in [-0.2, -0.15) is 0 Å². The van der Waals surface area contributed by atoms with Gasteiger partial charge in [0.2, 0.25) is 0 Å². The van der Waals surface area contributed by atoms with E-state index in [2.05, 4.69) is 62.5 Å². The minimum absolute atomic E-state index is 0.140. The highest BCUT2D eigenvalue weighted by Gasteiger charge is 2.12. The largest absolute Gasteiger partial charge is 0.463 e. The highest BCUT2D eigenvalue weighted by Crippen LogP contribution is 2.15. The zero-order chi connectivity index (χ0) is 37.3. The van der Waals surface area contributed by atoms with E-state index in [0.717, 1.165) is 64.2 Å². The number of allylic oxidation sites excluding steroid dienone is 7. The van der Waals surface area contributed by atoms with Gasteiger partial charge in [0.05, 0.1) is 6.10 Å². The molecule has 0 saturated carbocycles. The van der Waals surface area contributed by atoms with E-state index in [1.807, 2.05) is 0 Å². The zero-order valence-electron chi connectivity index (χ0n) is 33.2. The maximum atomic E-state index is 12.0. The molecule has 0 bridgehead atoms. The number of carbonyl (C=O) groups is 2. The predicted octanol–water partition coefficient (Wildman–Crippen LogP) is 12.4. The lowest BCUT2D eigenvalue weighted by Crippen LogP contribution is -2.25. The maximum Gasteiger partial charge on any atom is 0.305 e. The monoisotopic (exact) mass is 717 g/mol. The first-order valence-electron chi connectivity index (χ1n) is 21.3. The topological polar surface area (TPSA) is 93.1 Å². The molecule has 0 radical (unpaired) electrons. The van der Waals surface area contributed by atoms with Gasteiger partial charge in [0.15, 0.2) is 0 Å². The Morgan fingerprint density at radius 3 is 1.25 bits per heavy atom. The van der Waals surface area contributed by atoms with Gasteiger partial charge in [0, 0.05) is 12.8 Å². The molecule has 296 valence electrons. The van der Waals surface area contributed by atoms with Crippen LogP contribution in [0.5, 0.6) is 0 Å². The summed E-state index contributed by atoms with van der Waals surface area (Å²) in [4.78, 5) is 24.0. The van der Waals surface area contributed by atoms with Gasteiger partial charge in [-0.1, -0.05) is 184 Å². The van der Waals surface area contributed by atoms with E-state index in [4.69, 9.17) is 9.47 Å². The first-order chi connectivity index (χ1) is 25.0. The summed E-state index contributed by atoms with van der Waals surface area (Å²) >= 11 is 0. The number of hydrogen-bond acceptors (Lipinski definition) is 6. The molecule has 0 aliphatic rings. The second-order valence-electron chi connectivity index (χ2n) is 14.3. The quantitative estimate of drug-likeness (QED) is 0.0375. The molecule has 0 amide bonds. The van der Waals surface area contributed by atoms with Crippen LogP contribution in [0.1, 0.15) is 200 Å². The minimum atomic E-state index is -0.995. The Morgan fingerprint density at radius 1 is 0.451 bits per heavy atom. The van der Waals surface area contributed by atoms with Gasteiger partial charge in [0.1, 0.15) is 19.3 Å². The van der Waals surface area contributed by atoms with Gasteiger partial charge in [-0.15, -0.1) is 0 Å². The van der Waals surface area contributed by atoms with Gasteiger partial charge in [0.25, 0.3) is 0 Å². The summed E-state index contributed by atoms with van der Waals surface area (Å²) in [6.45, 7) is 4.07. The molecule has 0 fully saturated rings. The zero-order valence-corrected chi connectivity index (χ0v) is 33.2. The highest BCUT2D eigenvalue weighted by molar-refractivity contribution is 5.69. The van der Waals surface area contributed by atoms with Crippen molar-refractivity contribution in [2.45, 2.75) is 212 Å². The summed E-state index contributed by atoms with van der Waals surface area (Å²) in [5.74, 6) is -0.643. The standard InChI is InChI=1S/C45H80O6/c1-3-5-6-7-8-9-10-11-12-13-14-15-16-19-22-25-28-31-34-38-44(48)50-40-43(47)41-51-45(49)39-35-32-29-26-23-20-17-18-21-24-27-30-33-37-42(46)36-4-2/h17,20-21,24,26,29-30,33,42-43,46-47H,3-16,18-19,22-23,25,27-28,31-32,34-41H2,1-2H3/b20-17-,24-21-,29-26-,33-30-/t42?,43-/m1/s1. The van der Waals surface area contributed by atoms with Crippen LogP contribution < -0.4 is 0 Å². The van der Waals surface area contributed by atoms with E-state index < -0.39 is 6.10 Å². The average molecular weight is 717 g/mol. The second-order valence-corrected chi connectivity index (χ2v) is 14.3. The Balaban J connectivity index is 3.51. The molecule has 6 heteroatoms. The Morgan fingerprint density at radius 2 is 0.824 bits per heavy atom. The number of aliphatic hydroxyl groups is 2. The molecule has 0 heterocycles. The summed E-state index contributed by atoms with van der Waals surface area (Å²) in [7, 11) is 0. The highest BCUT2D eigenvalue weighted by atomic mass is 16.6. The fourth-order valence-corrected chi connectivity index (χ4v) is 5.92. The van der Waals surface area contributed by atoms with Crippen molar-refractivity contribution in [1.29, 1.82) is 0 Å². The third kappa shape index (κ3) is 40.4. The van der Waals surface area contributed by atoms with Crippen LogP contribution in [-0.2, 0) is 19.1 Å². The lowest BCUT2D eigenvalue weighted by molar-refractivity contribution is -0.152. The van der Waals surface area contributed by atoms with Crippen LogP contribution in [0.2, 0.25) is 0 Å². The number of hydrogen-bond donors (Lipinski definition) is 2. The number of ether oxygens (including phenoxy) is 2. The Kier molecular flexibility index (Phi) is 38.9. The molecule has 0 aromatic carbocycles. The lowest BCUT2D eigenvalue weighted by Gasteiger charge is -2.12. The number of rotatable bonds is 38. The second kappa shape index (κ2) is 40.6. The summed E-state index contributed by atoms with van der Waals surface area (Å²) in [5, 5.41) is 19.7. The molecule has 2 N–H and O–H groups in total. The van der Waals surface area contributed by atoms with Gasteiger partial charge in [-0.25, -0.2) is 0 Å². The first-order valence-corrected chi connectivity index (χ1v) is 21.3. The van der Waals surface area contributed by atoms with Crippen molar-refractivity contribution in [2.75, 3.05) is 13.2 Å². The number of unbranched alkanes of at least 4 members (excludes halogenated alkanes) is 19. The van der Waals surface area contributed by atoms with E-state index in [9.17, 15) is 19.8 Å². The SMILES string of the molecule is CCCCCCCCCCCCCCCCCCCCCC(=O)OC[C@@H](O)COC(=O)CCC/C=C\C/C=C\C/C=C\C/C=C\CC(O)CCC. The Labute approximate surface area is 314 Å². The Bertz CT molecular complexity index is 876. The van der Waals surface area contributed by atoms with Crippen molar-refractivity contribution in [3.8, 4) is 0 Å². The molecule has 51 heavy (non-hydrogen) atoms. The summed E-state index contributed by atoms with van der Waals surface area (Å²) in [6, 6.07) is 0. The molecule has 0 aromatic heterocycles. The van der Waals surface area contributed by atoms with Crippen LogP contribution >= 0.6 is 0 Å². The summed E-state index contributed by atoms with van der Waals surface area (Å²) < 4.78 is 10.3. The molecule has 0 aliphatic carbocycles. The van der Waals surface area contributed by atoms with Crippen LogP contribution in [0.25, 0.3) is 0 Å². The van der Waals surface area contributed by atoms with Crippen molar-refractivity contribution in [3.05, 3.63) is 48.6 Å². The van der Waals surface area contributed by atoms with E-state index in [-0.39, 0.29) is 31.3 Å². The molecule has 0 aromatic rings. The number of carbonyl (C=O) groups excluding carboxylic acids is 2. The van der Waals surface area contributed by atoms with Gasteiger partial charge >= 0.3 is 11.9 Å². The molecule has 6 nitrogen and oxygen atoms in total. The van der Waals surface area contributed by atoms with Crippen LogP contribution in [0.4, 0.5) is 0 Å². The molecular weight excluding hydrogens is 636 g/mol. The average Bonchev–Trinajstić information content (AvgIpc) is 3.12. The third-order valence-corrected chi connectivity index (χ3v) is 9.12. The summed E-state index contributed by atoms with van der Waals surface area (Å²) in [6.07, 6.45) is 48.1. The Hall–Kier alpha value is -2.18. The van der Waals surface area contributed by atoms with E-state index in [0.29, 0.717) is 19.3 Å². The van der Waals surface area contributed by atoms with E-state index in [1.165, 1.54) is 103 Å². The first kappa shape index (κ1) is 48.8. The van der Waals surface area contributed by atoms with Crippen molar-refractivity contribution in [3.63, 3.8) is 0 Å². The molecule has 0 saturated heterocycles. The normalized spacial score (nSPS) is 13.3. The van der Waals surface area contributed by atoms with Gasteiger partial charge < -0.3 is 19.7 Å². The third-order valence-electron chi connectivity index (χ3n) is 9.12. The van der Waals surface area contributed by atoms with Crippen molar-refractivity contribution in [1.82, 2.24) is 0 Å².